The van der Waals surface area contributed by atoms with E-state index >= 15 is 0 Å². The number of carbonyl (C=O) groups is 3. The quantitative estimate of drug-likeness (QED) is 0.417. The molecule has 3 rings (SSSR count). The van der Waals surface area contributed by atoms with Gasteiger partial charge in [0.05, 0.1) is 29.5 Å². The van der Waals surface area contributed by atoms with Crippen LogP contribution in [-0.2, 0) is 19.1 Å². The first-order chi connectivity index (χ1) is 15.7. The fourth-order valence-electron chi connectivity index (χ4n) is 3.34. The Labute approximate surface area is 209 Å². The number of carbonyl (C=O) groups excluding carboxylic acids is 3. The molecule has 7 nitrogen and oxygen atoms in total. The molecule has 170 valence electrons. The lowest BCUT2D eigenvalue weighted by atomic mass is 9.78. The summed E-state index contributed by atoms with van der Waals surface area (Å²) in [5, 5.41) is 16.3. The Morgan fingerprint density at radius 2 is 1.85 bits per heavy atom. The van der Waals surface area contributed by atoms with Gasteiger partial charge in [-0.15, -0.1) is 0 Å². The van der Waals surface area contributed by atoms with E-state index in [9.17, 15) is 19.6 Å². The van der Waals surface area contributed by atoms with Gasteiger partial charge in [-0.2, -0.15) is 5.26 Å². The highest BCUT2D eigenvalue weighted by Gasteiger charge is 2.45. The van der Waals surface area contributed by atoms with E-state index in [2.05, 4.69) is 16.7 Å². The van der Waals surface area contributed by atoms with Crippen LogP contribution >= 0.6 is 46.6 Å². The molecule has 0 spiro atoms. The van der Waals surface area contributed by atoms with Crippen LogP contribution in [0.15, 0.2) is 53.1 Å². The smallest absolute Gasteiger partial charge is 0.319 e. The third kappa shape index (κ3) is 5.81. The summed E-state index contributed by atoms with van der Waals surface area (Å²) in [4.78, 5) is 37.7. The predicted octanol–water partition coefficient (Wildman–Crippen LogP) is 4.76. The number of allylic oxidation sites excluding steroid dienone is 1. The molecule has 1 heterocycles. The van der Waals surface area contributed by atoms with Crippen molar-refractivity contribution in [2.75, 3.05) is 18.2 Å². The number of amides is 2. The number of nitriles is 1. The Balaban J connectivity index is 1.90. The van der Waals surface area contributed by atoms with Gasteiger partial charge in [0.1, 0.15) is 5.92 Å². The van der Waals surface area contributed by atoms with E-state index in [0.29, 0.717) is 26.3 Å². The van der Waals surface area contributed by atoms with Gasteiger partial charge in [0.15, 0.2) is 0 Å². The van der Waals surface area contributed by atoms with Crippen molar-refractivity contribution in [2.24, 2.45) is 5.92 Å². The van der Waals surface area contributed by atoms with Crippen molar-refractivity contribution in [3.8, 4) is 6.07 Å². The van der Waals surface area contributed by atoms with Crippen LogP contribution in [0.2, 0.25) is 15.1 Å². The van der Waals surface area contributed by atoms with E-state index in [4.69, 9.17) is 39.5 Å². The molecule has 0 bridgehead atoms. The van der Waals surface area contributed by atoms with Crippen LogP contribution in [0.25, 0.3) is 0 Å². The van der Waals surface area contributed by atoms with Gasteiger partial charge in [0.25, 0.3) is 0 Å². The first-order valence-electron chi connectivity index (χ1n) is 9.41. The highest BCUT2D eigenvalue weighted by molar-refractivity contribution is 8.03. The molecule has 2 N–H and O–H groups in total. The van der Waals surface area contributed by atoms with E-state index in [1.54, 1.807) is 24.3 Å². The number of thioether (sulfide) groups is 1. The summed E-state index contributed by atoms with van der Waals surface area (Å²) in [6.45, 7) is 0. The van der Waals surface area contributed by atoms with Gasteiger partial charge in [0.2, 0.25) is 11.8 Å². The van der Waals surface area contributed by atoms with Gasteiger partial charge in [-0.1, -0.05) is 64.8 Å². The monoisotopic (exact) mass is 523 g/mol. The summed E-state index contributed by atoms with van der Waals surface area (Å²) in [5.74, 6) is -4.29. The average molecular weight is 525 g/mol. The summed E-state index contributed by atoms with van der Waals surface area (Å²) in [5.41, 5.74) is 0.929. The molecule has 0 radical (unpaired) electrons. The Morgan fingerprint density at radius 3 is 2.45 bits per heavy atom. The van der Waals surface area contributed by atoms with Crippen LogP contribution in [0.1, 0.15) is 11.5 Å². The minimum Gasteiger partial charge on any atom is -0.468 e. The third-order valence-corrected chi connectivity index (χ3v) is 6.52. The number of nitrogens with one attached hydrogen (secondary N) is 2. The molecule has 2 unspecified atom stereocenters. The fourth-order valence-corrected chi connectivity index (χ4v) is 4.97. The maximum absolute atomic E-state index is 12.8. The first kappa shape index (κ1) is 24.9. The van der Waals surface area contributed by atoms with Gasteiger partial charge in [-0.05, 0) is 29.8 Å². The lowest BCUT2D eigenvalue weighted by molar-refractivity contribution is -0.150. The molecule has 1 aliphatic heterocycles. The van der Waals surface area contributed by atoms with Crippen molar-refractivity contribution in [1.29, 1.82) is 5.26 Å². The molecule has 1 aliphatic rings. The van der Waals surface area contributed by atoms with Crippen molar-refractivity contribution < 1.29 is 19.1 Å². The topological polar surface area (TPSA) is 108 Å². The van der Waals surface area contributed by atoms with E-state index in [1.165, 1.54) is 18.2 Å². The second kappa shape index (κ2) is 10.9. The number of benzene rings is 2. The van der Waals surface area contributed by atoms with Crippen LogP contribution in [0.3, 0.4) is 0 Å². The number of nitrogens with zero attached hydrogens (tertiary/aromatic N) is 1. The maximum atomic E-state index is 12.8. The Kier molecular flexibility index (Phi) is 8.27. The molecule has 0 aliphatic carbocycles. The number of hydrogen-bond donors (Lipinski definition) is 2. The number of esters is 1. The van der Waals surface area contributed by atoms with Crippen LogP contribution in [0, 0.1) is 17.2 Å². The minimum atomic E-state index is -1.31. The third-order valence-electron chi connectivity index (χ3n) is 4.72. The van der Waals surface area contributed by atoms with Crippen molar-refractivity contribution in [3.63, 3.8) is 0 Å². The SMILES string of the molecule is COC(=O)C1C(=O)NC(SCC(=O)Nc2cc(Cl)cc(Cl)c2)=C(C#N)C1c1ccccc1Cl. The molecule has 33 heavy (non-hydrogen) atoms. The molecule has 0 saturated carbocycles. The van der Waals surface area contributed by atoms with Gasteiger partial charge >= 0.3 is 5.97 Å². The first-order valence-corrected chi connectivity index (χ1v) is 11.5. The molecule has 2 atom stereocenters. The Bertz CT molecular complexity index is 1180. The molecular weight excluding hydrogens is 509 g/mol. The van der Waals surface area contributed by atoms with E-state index in [1.807, 2.05) is 0 Å². The zero-order valence-corrected chi connectivity index (χ0v) is 20.1. The van der Waals surface area contributed by atoms with Gasteiger partial charge in [0, 0.05) is 26.7 Å². The number of rotatable bonds is 6. The van der Waals surface area contributed by atoms with Gasteiger partial charge in [-0.3, -0.25) is 14.4 Å². The van der Waals surface area contributed by atoms with E-state index in [0.717, 1.165) is 18.9 Å². The molecule has 2 aromatic carbocycles. The number of ether oxygens (including phenoxy) is 1. The highest BCUT2D eigenvalue weighted by atomic mass is 35.5. The molecule has 2 aromatic rings. The minimum absolute atomic E-state index is 0.0988. The Morgan fingerprint density at radius 1 is 1.18 bits per heavy atom. The molecular formula is C22H16Cl3N3O4S. The van der Waals surface area contributed by atoms with E-state index < -0.39 is 29.6 Å². The van der Waals surface area contributed by atoms with Crippen molar-refractivity contribution in [1.82, 2.24) is 5.32 Å². The second-order valence-corrected chi connectivity index (χ2v) is 9.10. The average Bonchev–Trinajstić information content (AvgIpc) is 2.76. The summed E-state index contributed by atoms with van der Waals surface area (Å²) in [7, 11) is 1.16. The number of halogens is 3. The van der Waals surface area contributed by atoms with Crippen LogP contribution in [0.5, 0.6) is 0 Å². The zero-order valence-electron chi connectivity index (χ0n) is 17.0. The predicted molar refractivity (Wildman–Crippen MR) is 128 cm³/mol. The van der Waals surface area contributed by atoms with Crippen LogP contribution in [0.4, 0.5) is 5.69 Å². The zero-order chi connectivity index (χ0) is 24.1. The van der Waals surface area contributed by atoms with Crippen LogP contribution in [-0.4, -0.2) is 30.6 Å². The number of hydrogen-bond acceptors (Lipinski definition) is 6. The van der Waals surface area contributed by atoms with Crippen molar-refractivity contribution >= 4 is 70.0 Å². The molecule has 0 aromatic heterocycles. The Hall–Kier alpha value is -2.70. The lowest BCUT2D eigenvalue weighted by Crippen LogP contribution is -2.44. The summed E-state index contributed by atoms with van der Waals surface area (Å²) in [6.07, 6.45) is 0. The summed E-state index contributed by atoms with van der Waals surface area (Å²) >= 11 is 19.2. The molecule has 2 amide bonds. The summed E-state index contributed by atoms with van der Waals surface area (Å²) < 4.78 is 4.80. The number of anilines is 1. The standard InChI is InChI=1S/C22H16Cl3N3O4S/c1-32-22(31)19-18(14-4-2-3-5-16(14)25)15(9-26)21(28-20(19)30)33-10-17(29)27-13-7-11(23)6-12(24)8-13/h2-8,18-19H,10H2,1H3,(H,27,29)(H,28,30). The lowest BCUT2D eigenvalue weighted by Gasteiger charge is -2.31. The fraction of sp³-hybridized carbons (Fsp3) is 0.182. The van der Waals surface area contributed by atoms with Crippen LogP contribution < -0.4 is 10.6 Å². The van der Waals surface area contributed by atoms with Gasteiger partial charge < -0.3 is 15.4 Å². The second-order valence-electron chi connectivity index (χ2n) is 6.84. The maximum Gasteiger partial charge on any atom is 0.319 e. The summed E-state index contributed by atoms with van der Waals surface area (Å²) in [6, 6.07) is 13.3. The van der Waals surface area contributed by atoms with E-state index in [-0.39, 0.29) is 16.4 Å². The largest absolute Gasteiger partial charge is 0.468 e. The van der Waals surface area contributed by atoms with Crippen molar-refractivity contribution in [2.45, 2.75) is 5.92 Å². The van der Waals surface area contributed by atoms with Crippen molar-refractivity contribution in [3.05, 3.63) is 73.7 Å². The molecule has 11 heteroatoms. The molecule has 0 saturated heterocycles. The normalized spacial score (nSPS) is 17.7. The number of methoxy groups -OCH3 is 1. The highest BCUT2D eigenvalue weighted by Crippen LogP contribution is 2.42. The molecule has 0 fully saturated rings. The van der Waals surface area contributed by atoms with Gasteiger partial charge in [-0.25, -0.2) is 0 Å².